The topological polar surface area (TPSA) is 113 Å². The van der Waals surface area contributed by atoms with Crippen molar-refractivity contribution >= 4 is 17.6 Å². The molecule has 0 rings (SSSR count). The van der Waals surface area contributed by atoms with Crippen LogP contribution in [-0.4, -0.2) is 38.6 Å². The summed E-state index contributed by atoms with van der Waals surface area (Å²) in [6.45, 7) is -0.0532. The van der Waals surface area contributed by atoms with Crippen LogP contribution in [-0.2, 0) is 14.4 Å². The molecule has 0 spiro atoms. The van der Waals surface area contributed by atoms with E-state index in [1.54, 1.807) is 0 Å². The second kappa shape index (κ2) is 7.28. The van der Waals surface area contributed by atoms with Crippen LogP contribution in [0.5, 0.6) is 0 Å². The molecule has 8 heteroatoms. The van der Waals surface area contributed by atoms with Crippen molar-refractivity contribution in [2.75, 3.05) is 21.0 Å². The highest BCUT2D eigenvalue weighted by atomic mass is 16.6. The van der Waals surface area contributed by atoms with Gasteiger partial charge in [-0.05, 0) is 0 Å². The molecule has 0 heterocycles. The number of hydrogen-bond acceptors (Lipinski definition) is 6. The maximum Gasteiger partial charge on any atom is 0.323 e. The molecule has 15 heavy (non-hydrogen) atoms. The summed E-state index contributed by atoms with van der Waals surface area (Å²) in [5, 5.41) is 15.6. The SMILES string of the molecule is COCNC(=O)NC(=O)/C(C#N)=N/OC. The van der Waals surface area contributed by atoms with Gasteiger partial charge in [0.2, 0.25) is 5.71 Å². The van der Waals surface area contributed by atoms with Crippen LogP contribution >= 0.6 is 0 Å². The first-order chi connectivity index (χ1) is 7.15. The number of imide groups is 1. The van der Waals surface area contributed by atoms with E-state index in [1.807, 2.05) is 5.32 Å². The molecule has 0 aliphatic rings. The Morgan fingerprint density at radius 3 is 2.60 bits per heavy atom. The predicted octanol–water partition coefficient (Wildman–Crippen LogP) is -1.06. The van der Waals surface area contributed by atoms with E-state index in [1.165, 1.54) is 20.3 Å². The number of amides is 3. The van der Waals surface area contributed by atoms with Crippen molar-refractivity contribution in [3.8, 4) is 6.07 Å². The third-order valence-corrected chi connectivity index (χ3v) is 1.11. The summed E-state index contributed by atoms with van der Waals surface area (Å²) in [6.07, 6.45) is 0. The number of urea groups is 1. The highest BCUT2D eigenvalue weighted by molar-refractivity contribution is 6.46. The summed E-state index contributed by atoms with van der Waals surface area (Å²) in [5.41, 5.74) is -0.551. The van der Waals surface area contributed by atoms with Crippen molar-refractivity contribution in [3.05, 3.63) is 0 Å². The van der Waals surface area contributed by atoms with Crippen molar-refractivity contribution in [1.29, 1.82) is 5.26 Å². The van der Waals surface area contributed by atoms with Crippen LogP contribution < -0.4 is 10.6 Å². The molecule has 0 radical (unpaired) electrons. The number of hydrogen-bond donors (Lipinski definition) is 2. The van der Waals surface area contributed by atoms with Crippen LogP contribution in [0, 0.1) is 11.3 Å². The van der Waals surface area contributed by atoms with Gasteiger partial charge in [0.25, 0.3) is 5.91 Å². The summed E-state index contributed by atoms with van der Waals surface area (Å²) in [5.74, 6) is -0.951. The Labute approximate surface area is 85.8 Å². The highest BCUT2D eigenvalue weighted by Gasteiger charge is 2.14. The first-order valence-corrected chi connectivity index (χ1v) is 3.75. The molecule has 0 aliphatic heterocycles. The van der Waals surface area contributed by atoms with Gasteiger partial charge in [0, 0.05) is 7.11 Å². The Bertz CT molecular complexity index is 307. The lowest BCUT2D eigenvalue weighted by molar-refractivity contribution is -0.113. The molecule has 0 saturated heterocycles. The Hall–Kier alpha value is -2.14. The molecule has 0 aromatic carbocycles. The molecule has 0 unspecified atom stereocenters. The lowest BCUT2D eigenvalue weighted by atomic mass is 10.4. The summed E-state index contributed by atoms with van der Waals surface area (Å²) in [4.78, 5) is 26.2. The number of nitrogens with zero attached hydrogens (tertiary/aromatic N) is 2. The van der Waals surface area contributed by atoms with Gasteiger partial charge < -0.3 is 14.9 Å². The molecule has 0 fully saturated rings. The van der Waals surface area contributed by atoms with Crippen molar-refractivity contribution in [1.82, 2.24) is 10.6 Å². The Morgan fingerprint density at radius 1 is 1.47 bits per heavy atom. The quantitative estimate of drug-likeness (QED) is 0.352. The first kappa shape index (κ1) is 12.9. The van der Waals surface area contributed by atoms with Crippen LogP contribution in [0.1, 0.15) is 0 Å². The molecule has 0 aliphatic carbocycles. The van der Waals surface area contributed by atoms with E-state index >= 15 is 0 Å². The fourth-order valence-corrected chi connectivity index (χ4v) is 0.548. The number of carbonyl (C=O) groups is 2. The van der Waals surface area contributed by atoms with Gasteiger partial charge in [-0.1, -0.05) is 5.16 Å². The van der Waals surface area contributed by atoms with E-state index in [0.717, 1.165) is 0 Å². The van der Waals surface area contributed by atoms with Crippen LogP contribution in [0.25, 0.3) is 0 Å². The third-order valence-electron chi connectivity index (χ3n) is 1.11. The van der Waals surface area contributed by atoms with E-state index in [4.69, 9.17) is 5.26 Å². The predicted molar refractivity (Wildman–Crippen MR) is 48.6 cm³/mol. The largest absolute Gasteiger partial charge is 0.398 e. The number of rotatable bonds is 4. The van der Waals surface area contributed by atoms with E-state index in [-0.39, 0.29) is 6.73 Å². The molecule has 0 aromatic heterocycles. The molecule has 0 bridgehead atoms. The van der Waals surface area contributed by atoms with E-state index in [2.05, 4.69) is 20.0 Å². The molecular formula is C7H10N4O4. The zero-order valence-corrected chi connectivity index (χ0v) is 8.23. The van der Waals surface area contributed by atoms with Crippen LogP contribution in [0.15, 0.2) is 5.16 Å². The van der Waals surface area contributed by atoms with Gasteiger partial charge in [-0.2, -0.15) is 5.26 Å². The van der Waals surface area contributed by atoms with Gasteiger partial charge in [0.05, 0.1) is 0 Å². The molecule has 2 N–H and O–H groups in total. The van der Waals surface area contributed by atoms with Crippen LogP contribution in [0.4, 0.5) is 4.79 Å². The maximum atomic E-state index is 11.1. The maximum absolute atomic E-state index is 11.1. The van der Waals surface area contributed by atoms with E-state index in [0.29, 0.717) is 0 Å². The first-order valence-electron chi connectivity index (χ1n) is 3.75. The molecular weight excluding hydrogens is 204 g/mol. The van der Waals surface area contributed by atoms with Gasteiger partial charge in [-0.15, -0.1) is 0 Å². The zero-order valence-electron chi connectivity index (χ0n) is 8.23. The van der Waals surface area contributed by atoms with Gasteiger partial charge in [0.15, 0.2) is 0 Å². The highest BCUT2D eigenvalue weighted by Crippen LogP contribution is 1.79. The zero-order chi connectivity index (χ0) is 11.7. The average Bonchev–Trinajstić information content (AvgIpc) is 2.22. The number of methoxy groups -OCH3 is 1. The minimum atomic E-state index is -0.951. The Morgan fingerprint density at radius 2 is 2.13 bits per heavy atom. The number of carbonyl (C=O) groups excluding carboxylic acids is 2. The fourth-order valence-electron chi connectivity index (χ4n) is 0.548. The van der Waals surface area contributed by atoms with E-state index in [9.17, 15) is 9.59 Å². The number of ether oxygens (including phenoxy) is 1. The van der Waals surface area contributed by atoms with Gasteiger partial charge in [-0.25, -0.2) is 4.79 Å². The molecule has 0 aromatic rings. The van der Waals surface area contributed by atoms with Gasteiger partial charge >= 0.3 is 6.03 Å². The summed E-state index contributed by atoms with van der Waals surface area (Å²) in [7, 11) is 2.55. The summed E-state index contributed by atoms with van der Waals surface area (Å²) < 4.78 is 4.53. The monoisotopic (exact) mass is 214 g/mol. The van der Waals surface area contributed by atoms with Crippen molar-refractivity contribution in [3.63, 3.8) is 0 Å². The van der Waals surface area contributed by atoms with Gasteiger partial charge in [-0.3, -0.25) is 10.1 Å². The number of nitrogens with one attached hydrogen (secondary N) is 2. The molecule has 0 atom stereocenters. The van der Waals surface area contributed by atoms with Crippen LogP contribution in [0.2, 0.25) is 0 Å². The third kappa shape index (κ3) is 5.22. The Kier molecular flexibility index (Phi) is 6.24. The lowest BCUT2D eigenvalue weighted by Gasteiger charge is -2.03. The number of nitriles is 1. The Balaban J connectivity index is 4.18. The standard InChI is InChI=1S/C7H10N4O4/c1-14-4-9-7(13)10-6(12)5(3-8)11-15-2/h4H2,1-2H3,(H2,9,10,12,13)/b11-5+. The second-order valence-electron chi connectivity index (χ2n) is 2.13. The summed E-state index contributed by atoms with van der Waals surface area (Å²) >= 11 is 0. The van der Waals surface area contributed by atoms with Crippen LogP contribution in [0.3, 0.4) is 0 Å². The number of oxime groups is 1. The molecule has 82 valence electrons. The lowest BCUT2D eigenvalue weighted by Crippen LogP contribution is -2.43. The minimum absolute atomic E-state index is 0.0532. The van der Waals surface area contributed by atoms with E-state index < -0.39 is 17.6 Å². The fraction of sp³-hybridized carbons (Fsp3) is 0.429. The van der Waals surface area contributed by atoms with Crippen molar-refractivity contribution in [2.24, 2.45) is 5.16 Å². The molecule has 3 amide bonds. The van der Waals surface area contributed by atoms with Crippen molar-refractivity contribution in [2.45, 2.75) is 0 Å². The van der Waals surface area contributed by atoms with Gasteiger partial charge in [0.1, 0.15) is 19.9 Å². The second-order valence-corrected chi connectivity index (χ2v) is 2.13. The smallest absolute Gasteiger partial charge is 0.323 e. The summed E-state index contributed by atoms with van der Waals surface area (Å²) in [6, 6.07) is 0.675. The van der Waals surface area contributed by atoms with Crippen molar-refractivity contribution < 1.29 is 19.2 Å². The normalized spacial score (nSPS) is 10.1. The average molecular weight is 214 g/mol. The molecule has 0 saturated carbocycles. The molecule has 8 nitrogen and oxygen atoms in total. The minimum Gasteiger partial charge on any atom is -0.398 e.